The van der Waals surface area contributed by atoms with Crippen molar-refractivity contribution in [2.75, 3.05) is 6.61 Å². The molecule has 5 heteroatoms. The number of carbonyl (C=O) groups is 1. The molecule has 0 saturated carbocycles. The monoisotopic (exact) mass is 610 g/mol. The molecule has 0 aliphatic carbocycles. The summed E-state index contributed by atoms with van der Waals surface area (Å²) in [5, 5.41) is 29.5. The van der Waals surface area contributed by atoms with E-state index < -0.39 is 18.2 Å². The van der Waals surface area contributed by atoms with Crippen LogP contribution in [0.2, 0.25) is 0 Å². The lowest BCUT2D eigenvalue weighted by Gasteiger charge is -2.22. The van der Waals surface area contributed by atoms with Crippen LogP contribution in [0.4, 0.5) is 0 Å². The first kappa shape index (κ1) is 42.2. The normalized spacial score (nSPS) is 14.0. The summed E-state index contributed by atoms with van der Waals surface area (Å²) in [6, 6.07) is -1.05. The summed E-state index contributed by atoms with van der Waals surface area (Å²) < 4.78 is 0. The van der Waals surface area contributed by atoms with Crippen molar-refractivity contribution in [1.29, 1.82) is 0 Å². The van der Waals surface area contributed by atoms with Gasteiger partial charge in [0.25, 0.3) is 0 Å². The molecule has 0 bridgehead atoms. The second-order valence-corrected chi connectivity index (χ2v) is 13.2. The van der Waals surface area contributed by atoms with Crippen molar-refractivity contribution >= 4 is 5.78 Å². The van der Waals surface area contributed by atoms with Crippen molar-refractivity contribution < 1.29 is 20.1 Å². The Morgan fingerprint density at radius 1 is 0.558 bits per heavy atom. The van der Waals surface area contributed by atoms with E-state index >= 15 is 0 Å². The van der Waals surface area contributed by atoms with Crippen LogP contribution in [-0.4, -0.2) is 46.0 Å². The van der Waals surface area contributed by atoms with Gasteiger partial charge in [-0.3, -0.25) is 4.79 Å². The zero-order chi connectivity index (χ0) is 31.6. The fraction of sp³-hybridized carbons (Fsp3) is 0.921. The third-order valence-electron chi connectivity index (χ3n) is 9.01. The number of hydrogen-bond donors (Lipinski definition) is 4. The van der Waals surface area contributed by atoms with E-state index in [4.69, 9.17) is 10.8 Å². The minimum Gasteiger partial charge on any atom is -0.396 e. The van der Waals surface area contributed by atoms with Crippen LogP contribution in [0, 0.1) is 0 Å². The summed E-state index contributed by atoms with van der Waals surface area (Å²) in [6.07, 6.45) is 38.1. The number of ketones is 1. The summed E-state index contributed by atoms with van der Waals surface area (Å²) >= 11 is 0. The van der Waals surface area contributed by atoms with Gasteiger partial charge < -0.3 is 21.1 Å². The molecular weight excluding hydrogens is 534 g/mol. The quantitative estimate of drug-likeness (QED) is 0.0423. The number of aliphatic hydroxyl groups is 3. The summed E-state index contributed by atoms with van der Waals surface area (Å²) in [5.41, 5.74) is 5.96. The van der Waals surface area contributed by atoms with E-state index in [1.165, 1.54) is 154 Å². The fourth-order valence-electron chi connectivity index (χ4n) is 5.93. The zero-order valence-corrected chi connectivity index (χ0v) is 28.6. The molecule has 3 unspecified atom stereocenters. The average molecular weight is 610 g/mol. The molecule has 256 valence electrons. The molecular formula is C38H75NO4. The third-order valence-corrected chi connectivity index (χ3v) is 9.01. The molecule has 0 rings (SSSR count). The van der Waals surface area contributed by atoms with Crippen LogP contribution in [0.25, 0.3) is 0 Å². The highest BCUT2D eigenvalue weighted by Crippen LogP contribution is 2.16. The predicted molar refractivity (Wildman–Crippen MR) is 185 cm³/mol. The topological polar surface area (TPSA) is 104 Å². The first-order valence-corrected chi connectivity index (χ1v) is 19.0. The molecule has 3 atom stereocenters. The van der Waals surface area contributed by atoms with Crippen LogP contribution in [0.5, 0.6) is 0 Å². The maximum Gasteiger partial charge on any atom is 0.174 e. The lowest BCUT2D eigenvalue weighted by molar-refractivity contribution is -0.120. The molecule has 5 nitrogen and oxygen atoms in total. The zero-order valence-electron chi connectivity index (χ0n) is 28.6. The number of rotatable bonds is 35. The van der Waals surface area contributed by atoms with Gasteiger partial charge in [-0.15, -0.1) is 0 Å². The average Bonchev–Trinajstić information content (AvgIpc) is 3.01. The molecule has 0 aliphatic rings. The summed E-state index contributed by atoms with van der Waals surface area (Å²) in [7, 11) is 0. The van der Waals surface area contributed by atoms with E-state index in [-0.39, 0.29) is 5.78 Å². The Hall–Kier alpha value is -0.750. The van der Waals surface area contributed by atoms with E-state index in [2.05, 4.69) is 6.92 Å². The van der Waals surface area contributed by atoms with Crippen molar-refractivity contribution in [2.45, 2.75) is 218 Å². The van der Waals surface area contributed by atoms with Crippen LogP contribution in [0.15, 0.2) is 12.2 Å². The minimum absolute atomic E-state index is 0.292. The first-order valence-electron chi connectivity index (χ1n) is 19.0. The van der Waals surface area contributed by atoms with Gasteiger partial charge in [0.05, 0.1) is 12.1 Å². The van der Waals surface area contributed by atoms with E-state index in [1.807, 2.05) is 6.08 Å². The SMILES string of the molecule is CCCCCCCCCCCCCC=CC(=O)C(N)C(O)C(O)CCCCCCCCCCCCCCCCCCCO. The summed E-state index contributed by atoms with van der Waals surface area (Å²) in [5.74, 6) is -0.292. The largest absolute Gasteiger partial charge is 0.396 e. The second kappa shape index (κ2) is 34.1. The number of aliphatic hydroxyl groups excluding tert-OH is 3. The Bertz CT molecular complexity index is 596. The molecule has 0 aromatic heterocycles. The maximum absolute atomic E-state index is 12.3. The summed E-state index contributed by atoms with van der Waals surface area (Å²) in [4.78, 5) is 12.3. The number of unbranched alkanes of at least 4 members (excludes halogenated alkanes) is 27. The smallest absolute Gasteiger partial charge is 0.174 e. The van der Waals surface area contributed by atoms with Crippen molar-refractivity contribution in [2.24, 2.45) is 5.73 Å². The van der Waals surface area contributed by atoms with E-state index in [0.29, 0.717) is 13.0 Å². The molecule has 0 amide bonds. The number of carbonyl (C=O) groups excluding carboxylic acids is 1. The van der Waals surface area contributed by atoms with Gasteiger partial charge in [0.1, 0.15) is 6.10 Å². The van der Waals surface area contributed by atoms with Gasteiger partial charge >= 0.3 is 0 Å². The van der Waals surface area contributed by atoms with Gasteiger partial charge in [-0.1, -0.05) is 180 Å². The van der Waals surface area contributed by atoms with Gasteiger partial charge in [0, 0.05) is 6.61 Å². The van der Waals surface area contributed by atoms with Crippen molar-refractivity contribution in [1.82, 2.24) is 0 Å². The van der Waals surface area contributed by atoms with E-state index in [1.54, 1.807) is 0 Å². The van der Waals surface area contributed by atoms with Gasteiger partial charge in [0.2, 0.25) is 0 Å². The van der Waals surface area contributed by atoms with Gasteiger partial charge in [-0.05, 0) is 31.8 Å². The maximum atomic E-state index is 12.3. The third kappa shape index (κ3) is 29.7. The van der Waals surface area contributed by atoms with Crippen molar-refractivity contribution in [3.8, 4) is 0 Å². The molecule has 0 radical (unpaired) electrons. The highest BCUT2D eigenvalue weighted by atomic mass is 16.3. The Morgan fingerprint density at radius 3 is 1.30 bits per heavy atom. The molecule has 0 saturated heterocycles. The Labute approximate surface area is 267 Å². The van der Waals surface area contributed by atoms with E-state index in [9.17, 15) is 15.0 Å². The highest BCUT2D eigenvalue weighted by molar-refractivity contribution is 5.94. The van der Waals surface area contributed by atoms with E-state index in [0.717, 1.165) is 38.5 Å². The molecule has 0 fully saturated rings. The van der Waals surface area contributed by atoms with Crippen LogP contribution < -0.4 is 5.73 Å². The molecule has 0 spiro atoms. The van der Waals surface area contributed by atoms with Crippen LogP contribution in [0.1, 0.15) is 200 Å². The molecule has 0 aromatic carbocycles. The lowest BCUT2D eigenvalue weighted by atomic mass is 9.97. The number of nitrogens with two attached hydrogens (primary N) is 1. The standard InChI is InChI=1S/C38H75NO4/c1-2-3-4-5-6-7-8-14-17-20-23-26-29-32-35(41)37(39)38(43)36(42)33-30-27-24-21-18-15-12-10-9-11-13-16-19-22-25-28-31-34-40/h29,32,36-38,40,42-43H,2-28,30-31,33-34,39H2,1H3. The number of hydrogen-bond acceptors (Lipinski definition) is 5. The van der Waals surface area contributed by atoms with Crippen molar-refractivity contribution in [3.63, 3.8) is 0 Å². The van der Waals surface area contributed by atoms with Crippen LogP contribution >= 0.6 is 0 Å². The lowest BCUT2D eigenvalue weighted by Crippen LogP contribution is -2.47. The molecule has 43 heavy (non-hydrogen) atoms. The first-order chi connectivity index (χ1) is 21.0. The molecule has 0 aromatic rings. The van der Waals surface area contributed by atoms with Crippen LogP contribution in [0.3, 0.4) is 0 Å². The van der Waals surface area contributed by atoms with Gasteiger partial charge in [-0.25, -0.2) is 0 Å². The molecule has 5 N–H and O–H groups in total. The minimum atomic E-state index is -1.20. The Kier molecular flexibility index (Phi) is 33.5. The predicted octanol–water partition coefficient (Wildman–Crippen LogP) is 9.88. The van der Waals surface area contributed by atoms with Crippen molar-refractivity contribution in [3.05, 3.63) is 12.2 Å². The van der Waals surface area contributed by atoms with Gasteiger partial charge in [0.15, 0.2) is 5.78 Å². The summed E-state index contributed by atoms with van der Waals surface area (Å²) in [6.45, 7) is 2.60. The Morgan fingerprint density at radius 2 is 0.907 bits per heavy atom. The number of allylic oxidation sites excluding steroid dienone is 1. The van der Waals surface area contributed by atoms with Gasteiger partial charge in [-0.2, -0.15) is 0 Å². The Balaban J connectivity index is 3.57. The highest BCUT2D eigenvalue weighted by Gasteiger charge is 2.27. The van der Waals surface area contributed by atoms with Crippen LogP contribution in [-0.2, 0) is 4.79 Å². The fourth-order valence-corrected chi connectivity index (χ4v) is 5.93. The second-order valence-electron chi connectivity index (χ2n) is 13.2. The molecule has 0 heterocycles. The molecule has 0 aliphatic heterocycles.